The van der Waals surface area contributed by atoms with Crippen LogP contribution in [0.5, 0.6) is 5.75 Å². The summed E-state index contributed by atoms with van der Waals surface area (Å²) in [5.41, 5.74) is 6.81. The van der Waals surface area contributed by atoms with Gasteiger partial charge in [-0.05, 0) is 63.9 Å². The summed E-state index contributed by atoms with van der Waals surface area (Å²) in [6.45, 7) is 3.09. The van der Waals surface area contributed by atoms with Crippen LogP contribution in [-0.2, 0) is 6.54 Å². The van der Waals surface area contributed by atoms with Crippen LogP contribution in [0.4, 0.5) is 11.4 Å². The predicted octanol–water partition coefficient (Wildman–Crippen LogP) is 5.10. The number of nitrogens with one attached hydrogen (secondary N) is 2. The molecule has 0 saturated heterocycles. The lowest BCUT2D eigenvalue weighted by Crippen LogP contribution is -2.34. The van der Waals surface area contributed by atoms with Crippen LogP contribution in [0.3, 0.4) is 0 Å². The number of tetrazole rings is 1. The van der Waals surface area contributed by atoms with Crippen LogP contribution in [0.1, 0.15) is 25.3 Å². The second-order valence-electron chi connectivity index (χ2n) is 7.95. The van der Waals surface area contributed by atoms with E-state index in [1.807, 2.05) is 18.2 Å². The normalized spacial score (nSPS) is 14.8. The number of fused-ring (bicyclic) bond motifs is 1. The zero-order valence-corrected chi connectivity index (χ0v) is 18.2. The molecule has 3 aromatic carbocycles. The topological polar surface area (TPSA) is 79.0 Å². The van der Waals surface area contributed by atoms with E-state index < -0.39 is 0 Å². The zero-order chi connectivity index (χ0) is 21.9. The minimum absolute atomic E-state index is 0.323. The quantitative estimate of drug-likeness (QED) is 0.428. The van der Waals surface area contributed by atoms with E-state index in [-0.39, 0.29) is 0 Å². The molecule has 7 nitrogen and oxygen atoms in total. The number of ether oxygens (including phenoxy) is 1. The molecule has 0 saturated carbocycles. The fourth-order valence-electron chi connectivity index (χ4n) is 4.33. The highest BCUT2D eigenvalue weighted by Gasteiger charge is 2.27. The van der Waals surface area contributed by atoms with Gasteiger partial charge in [0.2, 0.25) is 0 Å². The number of hydrogen-bond donors (Lipinski definition) is 2. The molecule has 32 heavy (non-hydrogen) atoms. The van der Waals surface area contributed by atoms with Crippen molar-refractivity contribution < 1.29 is 4.74 Å². The number of benzene rings is 3. The molecule has 2 heterocycles. The SMILES string of the molecule is CCCC1Nc2ccccc2N1Cc1ccc(-c2ccc(OC)cc2-c2nnn[nH]2)cc1. The summed E-state index contributed by atoms with van der Waals surface area (Å²) in [5, 5.41) is 18.1. The number of hydrogen-bond acceptors (Lipinski definition) is 6. The second-order valence-corrected chi connectivity index (χ2v) is 7.95. The Kier molecular flexibility index (Phi) is 5.46. The van der Waals surface area contributed by atoms with Gasteiger partial charge in [-0.25, -0.2) is 5.10 Å². The lowest BCUT2D eigenvalue weighted by atomic mass is 9.97. The van der Waals surface area contributed by atoms with Gasteiger partial charge in [0.05, 0.1) is 24.7 Å². The highest BCUT2D eigenvalue weighted by molar-refractivity contribution is 5.81. The molecule has 1 aromatic heterocycles. The van der Waals surface area contributed by atoms with Crippen molar-refractivity contribution in [3.63, 3.8) is 0 Å². The van der Waals surface area contributed by atoms with Gasteiger partial charge in [-0.1, -0.05) is 49.7 Å². The van der Waals surface area contributed by atoms with Crippen LogP contribution in [0.15, 0.2) is 66.7 Å². The Morgan fingerprint density at radius 1 is 1.00 bits per heavy atom. The van der Waals surface area contributed by atoms with E-state index in [0.29, 0.717) is 12.0 Å². The van der Waals surface area contributed by atoms with E-state index in [1.165, 1.54) is 16.9 Å². The fraction of sp³-hybridized carbons (Fsp3) is 0.240. The first kappa shape index (κ1) is 20.1. The van der Waals surface area contributed by atoms with Gasteiger partial charge >= 0.3 is 0 Å². The second kappa shape index (κ2) is 8.70. The maximum atomic E-state index is 5.40. The monoisotopic (exact) mass is 426 g/mol. The number of H-pyrrole nitrogens is 1. The molecule has 0 radical (unpaired) electrons. The van der Waals surface area contributed by atoms with Gasteiger partial charge in [0.25, 0.3) is 0 Å². The van der Waals surface area contributed by atoms with E-state index >= 15 is 0 Å². The van der Waals surface area contributed by atoms with Crippen LogP contribution in [0.25, 0.3) is 22.5 Å². The molecule has 0 fully saturated rings. The van der Waals surface area contributed by atoms with Crippen molar-refractivity contribution in [2.45, 2.75) is 32.5 Å². The molecule has 2 N–H and O–H groups in total. The van der Waals surface area contributed by atoms with Gasteiger partial charge in [0.1, 0.15) is 5.75 Å². The average molecular weight is 427 g/mol. The maximum Gasteiger partial charge on any atom is 0.180 e. The van der Waals surface area contributed by atoms with Crippen molar-refractivity contribution in [1.82, 2.24) is 20.6 Å². The summed E-state index contributed by atoms with van der Waals surface area (Å²) in [5.74, 6) is 1.38. The molecule has 1 aliphatic rings. The third-order valence-electron chi connectivity index (χ3n) is 5.92. The first-order chi connectivity index (χ1) is 15.8. The smallest absolute Gasteiger partial charge is 0.180 e. The Hall–Kier alpha value is -3.87. The molecule has 1 aliphatic heterocycles. The zero-order valence-electron chi connectivity index (χ0n) is 18.2. The molecule has 0 amide bonds. The van der Waals surface area contributed by atoms with Gasteiger partial charge < -0.3 is 15.0 Å². The van der Waals surface area contributed by atoms with Crippen molar-refractivity contribution >= 4 is 11.4 Å². The van der Waals surface area contributed by atoms with E-state index in [4.69, 9.17) is 4.74 Å². The minimum atomic E-state index is 0.323. The average Bonchev–Trinajstić information content (AvgIpc) is 3.49. The molecule has 1 unspecified atom stereocenters. The Labute approximate surface area is 187 Å². The first-order valence-electron chi connectivity index (χ1n) is 10.9. The Morgan fingerprint density at radius 3 is 2.59 bits per heavy atom. The van der Waals surface area contributed by atoms with Crippen molar-refractivity contribution in [3.8, 4) is 28.3 Å². The Bertz CT molecular complexity index is 1190. The molecular formula is C25H26N6O. The van der Waals surface area contributed by atoms with Crippen LogP contribution >= 0.6 is 0 Å². The molecule has 1 atom stereocenters. The standard InChI is InChI=1S/C25H26N6O/c1-3-6-24-26-22-7-4-5-8-23(22)31(24)16-17-9-11-18(12-10-17)20-14-13-19(32-2)15-21(20)25-27-29-30-28-25/h4-5,7-15,24,26H,3,6,16H2,1-2H3,(H,27,28,29,30). The Balaban J connectivity index is 1.43. The number of aromatic nitrogens is 4. The number of methoxy groups -OCH3 is 1. The van der Waals surface area contributed by atoms with Crippen molar-refractivity contribution in [1.29, 1.82) is 0 Å². The largest absolute Gasteiger partial charge is 0.497 e. The summed E-state index contributed by atoms with van der Waals surface area (Å²) in [4.78, 5) is 2.47. The number of aromatic amines is 1. The third kappa shape index (κ3) is 3.77. The van der Waals surface area contributed by atoms with Crippen molar-refractivity contribution in [2.75, 3.05) is 17.3 Å². The van der Waals surface area contributed by atoms with Gasteiger partial charge in [-0.3, -0.25) is 0 Å². The summed E-state index contributed by atoms with van der Waals surface area (Å²) in [6.07, 6.45) is 2.56. The highest BCUT2D eigenvalue weighted by Crippen LogP contribution is 2.37. The lowest BCUT2D eigenvalue weighted by molar-refractivity contribution is 0.415. The van der Waals surface area contributed by atoms with Gasteiger partial charge in [0.15, 0.2) is 5.82 Å². The molecule has 0 aliphatic carbocycles. The molecule has 162 valence electrons. The fourth-order valence-corrected chi connectivity index (χ4v) is 4.33. The van der Waals surface area contributed by atoms with E-state index in [1.54, 1.807) is 7.11 Å². The van der Waals surface area contributed by atoms with Crippen molar-refractivity contribution in [2.24, 2.45) is 0 Å². The van der Waals surface area contributed by atoms with Crippen LogP contribution in [0, 0.1) is 0 Å². The summed E-state index contributed by atoms with van der Waals surface area (Å²) in [6, 6.07) is 23.2. The van der Waals surface area contributed by atoms with Crippen LogP contribution < -0.4 is 15.0 Å². The van der Waals surface area contributed by atoms with Crippen LogP contribution in [-0.4, -0.2) is 33.9 Å². The van der Waals surface area contributed by atoms with E-state index in [0.717, 1.165) is 41.8 Å². The Morgan fingerprint density at radius 2 is 1.84 bits per heavy atom. The predicted molar refractivity (Wildman–Crippen MR) is 127 cm³/mol. The molecular weight excluding hydrogens is 400 g/mol. The number of para-hydroxylation sites is 2. The molecule has 5 rings (SSSR count). The van der Waals surface area contributed by atoms with Crippen molar-refractivity contribution in [3.05, 3.63) is 72.3 Å². The number of anilines is 2. The summed E-state index contributed by atoms with van der Waals surface area (Å²) < 4.78 is 5.40. The van der Waals surface area contributed by atoms with E-state index in [2.05, 4.69) is 86.3 Å². The molecule has 0 bridgehead atoms. The highest BCUT2D eigenvalue weighted by atomic mass is 16.5. The molecule has 4 aromatic rings. The maximum absolute atomic E-state index is 5.40. The van der Waals surface area contributed by atoms with E-state index in [9.17, 15) is 0 Å². The minimum Gasteiger partial charge on any atom is -0.497 e. The lowest BCUT2D eigenvalue weighted by Gasteiger charge is -2.27. The first-order valence-corrected chi connectivity index (χ1v) is 10.9. The molecule has 7 heteroatoms. The van der Waals surface area contributed by atoms with Gasteiger partial charge in [0, 0.05) is 12.1 Å². The van der Waals surface area contributed by atoms with Crippen LogP contribution in [0.2, 0.25) is 0 Å². The summed E-state index contributed by atoms with van der Waals surface area (Å²) in [7, 11) is 1.66. The molecule has 0 spiro atoms. The van der Waals surface area contributed by atoms with Gasteiger partial charge in [-0.15, -0.1) is 5.10 Å². The van der Waals surface area contributed by atoms with Gasteiger partial charge in [-0.2, -0.15) is 0 Å². The number of rotatable bonds is 7. The summed E-state index contributed by atoms with van der Waals surface area (Å²) >= 11 is 0. The third-order valence-corrected chi connectivity index (χ3v) is 5.92. The number of nitrogens with zero attached hydrogens (tertiary/aromatic N) is 4.